The van der Waals surface area contributed by atoms with Gasteiger partial charge in [-0.2, -0.15) is 5.10 Å². The standard InChI is InChI=1S/C17H21N7/c1-22(2)7-3-5-19-23-8-4-13-10-14-17(20-15(13)12-23)16-11-18-6-9-24(16)21-14/h4,6,8,10-12,19H,3,5,7,9H2,1-2H3. The first-order valence-corrected chi connectivity index (χ1v) is 8.17. The fraction of sp³-hybridized carbons (Fsp3) is 0.353. The van der Waals surface area contributed by atoms with Crippen molar-refractivity contribution < 1.29 is 0 Å². The van der Waals surface area contributed by atoms with Crippen molar-refractivity contribution in [3.63, 3.8) is 0 Å². The SMILES string of the molecule is CN(C)CCCNN1C=Cc2cc3nn4c(c3nc2=C1)=CN=CC4. The molecule has 0 atom stereocenters. The minimum absolute atomic E-state index is 0.700. The molecule has 24 heavy (non-hydrogen) atoms. The average molecular weight is 323 g/mol. The molecule has 0 spiro atoms. The van der Waals surface area contributed by atoms with Crippen molar-refractivity contribution in [3.8, 4) is 0 Å². The molecule has 1 N–H and O–H groups in total. The summed E-state index contributed by atoms with van der Waals surface area (Å²) in [5, 5.41) is 8.51. The van der Waals surface area contributed by atoms with E-state index in [2.05, 4.69) is 46.7 Å². The molecule has 2 aliphatic rings. The maximum absolute atomic E-state index is 4.81. The highest BCUT2D eigenvalue weighted by Gasteiger charge is 2.12. The van der Waals surface area contributed by atoms with Crippen molar-refractivity contribution in [2.45, 2.75) is 13.0 Å². The number of hydrogen-bond donors (Lipinski definition) is 1. The van der Waals surface area contributed by atoms with Crippen LogP contribution in [0.5, 0.6) is 0 Å². The van der Waals surface area contributed by atoms with Crippen LogP contribution in [-0.2, 0) is 6.54 Å². The van der Waals surface area contributed by atoms with Gasteiger partial charge in [0.05, 0.1) is 18.1 Å². The zero-order valence-corrected chi connectivity index (χ0v) is 14.0. The number of fused-ring (bicyclic) bond motifs is 4. The molecule has 0 fully saturated rings. The highest BCUT2D eigenvalue weighted by molar-refractivity contribution is 5.79. The zero-order chi connectivity index (χ0) is 16.5. The number of nitrogens with one attached hydrogen (secondary N) is 1. The van der Waals surface area contributed by atoms with Gasteiger partial charge in [0, 0.05) is 30.7 Å². The van der Waals surface area contributed by atoms with Gasteiger partial charge in [0.25, 0.3) is 0 Å². The molecule has 0 bridgehead atoms. The molecule has 0 aliphatic carbocycles. The lowest BCUT2D eigenvalue weighted by Crippen LogP contribution is -2.35. The lowest BCUT2D eigenvalue weighted by molar-refractivity contribution is 0.349. The molecule has 0 radical (unpaired) electrons. The first-order chi connectivity index (χ1) is 11.7. The molecule has 0 saturated carbocycles. The van der Waals surface area contributed by atoms with E-state index in [1.165, 1.54) is 0 Å². The Bertz CT molecular complexity index is 936. The molecule has 4 rings (SSSR count). The van der Waals surface area contributed by atoms with Crippen LogP contribution in [0.3, 0.4) is 0 Å². The van der Waals surface area contributed by atoms with Crippen LogP contribution in [0.25, 0.3) is 29.5 Å². The second kappa shape index (κ2) is 6.18. The van der Waals surface area contributed by atoms with Crippen molar-refractivity contribution in [2.24, 2.45) is 4.99 Å². The van der Waals surface area contributed by atoms with Gasteiger partial charge in [-0.1, -0.05) is 0 Å². The van der Waals surface area contributed by atoms with Gasteiger partial charge in [-0.3, -0.25) is 14.7 Å². The van der Waals surface area contributed by atoms with Crippen LogP contribution >= 0.6 is 0 Å². The summed E-state index contributed by atoms with van der Waals surface area (Å²) >= 11 is 0. The van der Waals surface area contributed by atoms with Crippen molar-refractivity contribution >= 4 is 35.7 Å². The van der Waals surface area contributed by atoms with Crippen molar-refractivity contribution in [1.29, 1.82) is 0 Å². The summed E-state index contributed by atoms with van der Waals surface area (Å²) in [7, 11) is 4.18. The Kier molecular flexibility index (Phi) is 3.87. The molecular weight excluding hydrogens is 302 g/mol. The Hall–Kier alpha value is -2.51. The number of rotatable bonds is 5. The highest BCUT2D eigenvalue weighted by Crippen LogP contribution is 2.10. The van der Waals surface area contributed by atoms with Crippen LogP contribution in [-0.4, -0.2) is 58.1 Å². The Labute approximate surface area is 140 Å². The summed E-state index contributed by atoms with van der Waals surface area (Å²) in [6.45, 7) is 2.69. The number of hydrazine groups is 1. The maximum Gasteiger partial charge on any atom is 0.118 e. The Morgan fingerprint density at radius 3 is 3.12 bits per heavy atom. The number of hydrogen-bond acceptors (Lipinski definition) is 6. The molecule has 2 aromatic rings. The van der Waals surface area contributed by atoms with Gasteiger partial charge in [0.1, 0.15) is 16.4 Å². The minimum Gasteiger partial charge on any atom is -0.309 e. The van der Waals surface area contributed by atoms with E-state index in [1.54, 1.807) is 0 Å². The number of pyridine rings is 1. The summed E-state index contributed by atoms with van der Waals surface area (Å²) in [6.07, 6.45) is 10.9. The fourth-order valence-corrected chi connectivity index (χ4v) is 2.89. The first kappa shape index (κ1) is 15.0. The highest BCUT2D eigenvalue weighted by atomic mass is 15.5. The van der Waals surface area contributed by atoms with Crippen LogP contribution in [0.4, 0.5) is 0 Å². The smallest absolute Gasteiger partial charge is 0.118 e. The van der Waals surface area contributed by atoms with Crippen molar-refractivity contribution in [1.82, 2.24) is 30.1 Å². The van der Waals surface area contributed by atoms with Crippen LogP contribution < -0.4 is 16.1 Å². The molecule has 4 heterocycles. The Morgan fingerprint density at radius 2 is 2.25 bits per heavy atom. The third-order valence-electron chi connectivity index (χ3n) is 4.12. The van der Waals surface area contributed by atoms with E-state index in [1.807, 2.05) is 34.5 Å². The third kappa shape index (κ3) is 2.83. The summed E-state index contributed by atoms with van der Waals surface area (Å²) in [6, 6.07) is 2.09. The van der Waals surface area contributed by atoms with E-state index in [0.29, 0.717) is 6.54 Å². The maximum atomic E-state index is 4.81. The number of aromatic nitrogens is 3. The van der Waals surface area contributed by atoms with Crippen LogP contribution in [0.2, 0.25) is 0 Å². The molecule has 124 valence electrons. The van der Waals surface area contributed by atoms with Gasteiger partial charge in [0.2, 0.25) is 0 Å². The van der Waals surface area contributed by atoms with Gasteiger partial charge in [0.15, 0.2) is 0 Å². The van der Waals surface area contributed by atoms with E-state index in [0.717, 1.165) is 46.8 Å². The van der Waals surface area contributed by atoms with Gasteiger partial charge in [-0.25, -0.2) is 10.4 Å². The molecule has 2 aromatic heterocycles. The zero-order valence-electron chi connectivity index (χ0n) is 14.0. The molecule has 2 aliphatic heterocycles. The normalized spacial score (nSPS) is 15.4. The summed E-state index contributed by atoms with van der Waals surface area (Å²) in [5.41, 5.74) is 6.30. The fourth-order valence-electron chi connectivity index (χ4n) is 2.89. The van der Waals surface area contributed by atoms with Crippen molar-refractivity contribution in [3.05, 3.63) is 28.5 Å². The van der Waals surface area contributed by atoms with Crippen LogP contribution in [0.15, 0.2) is 17.3 Å². The molecule has 0 aromatic carbocycles. The molecule has 0 amide bonds. The molecular formula is C17H21N7. The monoisotopic (exact) mass is 323 g/mol. The van der Waals surface area contributed by atoms with Gasteiger partial charge < -0.3 is 4.90 Å². The number of nitrogens with zero attached hydrogens (tertiary/aromatic N) is 6. The average Bonchev–Trinajstić information content (AvgIpc) is 2.94. The van der Waals surface area contributed by atoms with E-state index >= 15 is 0 Å². The number of aliphatic imine (C=N–C) groups is 1. The quantitative estimate of drug-likeness (QED) is 0.768. The minimum atomic E-state index is 0.700. The van der Waals surface area contributed by atoms with E-state index in [4.69, 9.17) is 4.98 Å². The van der Waals surface area contributed by atoms with E-state index < -0.39 is 0 Å². The predicted molar refractivity (Wildman–Crippen MR) is 96.2 cm³/mol. The lowest BCUT2D eigenvalue weighted by atomic mass is 10.2. The molecule has 7 heteroatoms. The van der Waals surface area contributed by atoms with Crippen molar-refractivity contribution in [2.75, 3.05) is 27.2 Å². The van der Waals surface area contributed by atoms with Crippen LogP contribution in [0, 0.1) is 0 Å². The summed E-state index contributed by atoms with van der Waals surface area (Å²) in [5.74, 6) is 0. The predicted octanol–water partition coefficient (Wildman–Crippen LogP) is -0.266. The lowest BCUT2D eigenvalue weighted by Gasteiger charge is -2.20. The van der Waals surface area contributed by atoms with E-state index in [-0.39, 0.29) is 0 Å². The van der Waals surface area contributed by atoms with Gasteiger partial charge in [-0.05, 0) is 39.2 Å². The second-order valence-electron chi connectivity index (χ2n) is 6.28. The second-order valence-corrected chi connectivity index (χ2v) is 6.28. The Balaban J connectivity index is 1.61. The summed E-state index contributed by atoms with van der Waals surface area (Å²) < 4.78 is 1.94. The molecule has 0 unspecified atom stereocenters. The first-order valence-electron chi connectivity index (χ1n) is 8.17. The molecule has 0 saturated heterocycles. The topological polar surface area (TPSA) is 61.6 Å². The van der Waals surface area contributed by atoms with Crippen LogP contribution in [0.1, 0.15) is 12.0 Å². The molecule has 7 nitrogen and oxygen atoms in total. The van der Waals surface area contributed by atoms with Gasteiger partial charge in [-0.15, -0.1) is 0 Å². The van der Waals surface area contributed by atoms with Gasteiger partial charge >= 0.3 is 0 Å². The third-order valence-corrected chi connectivity index (χ3v) is 4.12. The Morgan fingerprint density at radius 1 is 1.33 bits per heavy atom. The largest absolute Gasteiger partial charge is 0.309 e. The summed E-state index contributed by atoms with van der Waals surface area (Å²) in [4.78, 5) is 11.2. The van der Waals surface area contributed by atoms with E-state index in [9.17, 15) is 0 Å².